The van der Waals surface area contributed by atoms with Crippen LogP contribution < -0.4 is 5.32 Å². The number of aryl methyl sites for hydroxylation is 4. The number of benzene rings is 1. The molecular weight excluding hydrogens is 224 g/mol. The monoisotopic (exact) mass is 244 g/mol. The lowest BCUT2D eigenvalue weighted by atomic mass is 10.1. The molecule has 0 atom stereocenters. The van der Waals surface area contributed by atoms with Gasteiger partial charge >= 0.3 is 0 Å². The van der Waals surface area contributed by atoms with E-state index in [-0.39, 0.29) is 0 Å². The number of aromatic nitrogens is 1. The summed E-state index contributed by atoms with van der Waals surface area (Å²) in [4.78, 5) is 4.29. The molecule has 96 valence electrons. The molecule has 0 fully saturated rings. The van der Waals surface area contributed by atoms with Gasteiger partial charge in [0, 0.05) is 13.5 Å². The molecule has 18 heavy (non-hydrogen) atoms. The Morgan fingerprint density at radius 3 is 2.33 bits per heavy atom. The van der Waals surface area contributed by atoms with E-state index in [1.807, 2.05) is 14.0 Å². The molecule has 0 aliphatic rings. The Kier molecular flexibility index (Phi) is 4.03. The highest BCUT2D eigenvalue weighted by atomic mass is 16.4. The van der Waals surface area contributed by atoms with Gasteiger partial charge in [0.05, 0.1) is 5.69 Å². The molecule has 0 saturated heterocycles. The van der Waals surface area contributed by atoms with Crippen molar-refractivity contribution in [3.8, 4) is 0 Å². The highest BCUT2D eigenvalue weighted by Gasteiger charge is 2.08. The van der Waals surface area contributed by atoms with Gasteiger partial charge in [0.1, 0.15) is 5.76 Å². The highest BCUT2D eigenvalue weighted by molar-refractivity contribution is 5.26. The average molecular weight is 244 g/mol. The molecule has 2 aromatic rings. The van der Waals surface area contributed by atoms with E-state index in [0.717, 1.165) is 30.7 Å². The summed E-state index contributed by atoms with van der Waals surface area (Å²) in [6.07, 6.45) is 2.97. The van der Waals surface area contributed by atoms with Crippen LogP contribution in [0.25, 0.3) is 0 Å². The number of nitrogens with zero attached hydrogens (tertiary/aromatic N) is 1. The van der Waals surface area contributed by atoms with E-state index < -0.39 is 0 Å². The SMILES string of the molecule is CCc1ccc(CCc2oc(NC)nc2C)cc1. The molecule has 1 aromatic heterocycles. The fraction of sp³-hybridized carbons (Fsp3) is 0.400. The fourth-order valence-corrected chi connectivity index (χ4v) is 1.97. The second-order valence-electron chi connectivity index (χ2n) is 4.45. The summed E-state index contributed by atoms with van der Waals surface area (Å²) < 4.78 is 5.61. The van der Waals surface area contributed by atoms with Crippen LogP contribution in [0.3, 0.4) is 0 Å². The van der Waals surface area contributed by atoms with Crippen molar-refractivity contribution in [2.45, 2.75) is 33.1 Å². The van der Waals surface area contributed by atoms with Gasteiger partial charge < -0.3 is 9.73 Å². The maximum absolute atomic E-state index is 5.61. The van der Waals surface area contributed by atoms with E-state index >= 15 is 0 Å². The van der Waals surface area contributed by atoms with Gasteiger partial charge in [-0.25, -0.2) is 0 Å². The summed E-state index contributed by atoms with van der Waals surface area (Å²) >= 11 is 0. The lowest BCUT2D eigenvalue weighted by Crippen LogP contribution is -1.92. The summed E-state index contributed by atoms with van der Waals surface area (Å²) in [5.74, 6) is 0.971. The summed E-state index contributed by atoms with van der Waals surface area (Å²) in [7, 11) is 1.82. The van der Waals surface area contributed by atoms with Crippen LogP contribution in [0.5, 0.6) is 0 Å². The number of nitrogens with one attached hydrogen (secondary N) is 1. The first-order valence-electron chi connectivity index (χ1n) is 6.44. The molecule has 1 N–H and O–H groups in total. The van der Waals surface area contributed by atoms with Gasteiger partial charge in [-0.1, -0.05) is 31.2 Å². The lowest BCUT2D eigenvalue weighted by molar-refractivity contribution is 0.516. The Hall–Kier alpha value is -1.77. The molecule has 0 unspecified atom stereocenters. The zero-order valence-electron chi connectivity index (χ0n) is 11.3. The van der Waals surface area contributed by atoms with Crippen molar-refractivity contribution in [3.63, 3.8) is 0 Å². The van der Waals surface area contributed by atoms with Gasteiger partial charge in [-0.05, 0) is 30.9 Å². The fourth-order valence-electron chi connectivity index (χ4n) is 1.97. The van der Waals surface area contributed by atoms with E-state index in [1.165, 1.54) is 11.1 Å². The number of hydrogen-bond acceptors (Lipinski definition) is 3. The van der Waals surface area contributed by atoms with Crippen LogP contribution in [0.15, 0.2) is 28.7 Å². The summed E-state index contributed by atoms with van der Waals surface area (Å²) in [6, 6.07) is 9.39. The van der Waals surface area contributed by atoms with Crippen LogP contribution in [-0.2, 0) is 19.3 Å². The molecule has 3 nitrogen and oxygen atoms in total. The number of oxazole rings is 1. The second-order valence-corrected chi connectivity index (χ2v) is 4.45. The number of anilines is 1. The molecule has 0 aliphatic heterocycles. The first-order chi connectivity index (χ1) is 8.72. The predicted octanol–water partition coefficient (Wildman–Crippen LogP) is 3.37. The Balaban J connectivity index is 1.99. The van der Waals surface area contributed by atoms with Gasteiger partial charge in [-0.15, -0.1) is 0 Å². The Labute approximate surface area is 108 Å². The Morgan fingerprint density at radius 1 is 1.11 bits per heavy atom. The minimum absolute atomic E-state index is 0.601. The molecule has 2 rings (SSSR count). The summed E-state index contributed by atoms with van der Waals surface area (Å²) in [5, 5.41) is 2.92. The van der Waals surface area contributed by atoms with Crippen molar-refractivity contribution in [3.05, 3.63) is 46.8 Å². The maximum atomic E-state index is 5.61. The van der Waals surface area contributed by atoms with Crippen LogP contribution in [0.1, 0.15) is 29.5 Å². The smallest absolute Gasteiger partial charge is 0.294 e. The Morgan fingerprint density at radius 2 is 1.78 bits per heavy atom. The largest absolute Gasteiger partial charge is 0.428 e. The minimum Gasteiger partial charge on any atom is -0.428 e. The van der Waals surface area contributed by atoms with E-state index in [1.54, 1.807) is 0 Å². The molecule has 3 heteroatoms. The molecular formula is C15H20N2O. The lowest BCUT2D eigenvalue weighted by Gasteiger charge is -2.02. The van der Waals surface area contributed by atoms with Crippen molar-refractivity contribution in [2.75, 3.05) is 12.4 Å². The Bertz CT molecular complexity index is 500. The van der Waals surface area contributed by atoms with Crippen molar-refractivity contribution < 1.29 is 4.42 Å². The van der Waals surface area contributed by atoms with Gasteiger partial charge in [0.15, 0.2) is 0 Å². The minimum atomic E-state index is 0.601. The van der Waals surface area contributed by atoms with Crippen LogP contribution in [-0.4, -0.2) is 12.0 Å². The highest BCUT2D eigenvalue weighted by Crippen LogP contribution is 2.16. The van der Waals surface area contributed by atoms with E-state index in [9.17, 15) is 0 Å². The molecule has 0 aliphatic carbocycles. The van der Waals surface area contributed by atoms with Gasteiger partial charge in [0.2, 0.25) is 0 Å². The maximum Gasteiger partial charge on any atom is 0.294 e. The third-order valence-corrected chi connectivity index (χ3v) is 3.18. The normalized spacial score (nSPS) is 10.6. The van der Waals surface area contributed by atoms with Gasteiger partial charge in [-0.2, -0.15) is 4.98 Å². The van der Waals surface area contributed by atoms with Crippen LogP contribution >= 0.6 is 0 Å². The van der Waals surface area contributed by atoms with Crippen LogP contribution in [0, 0.1) is 6.92 Å². The molecule has 0 bridgehead atoms. The molecule has 0 radical (unpaired) electrons. The second kappa shape index (κ2) is 5.71. The molecule has 0 amide bonds. The predicted molar refractivity (Wildman–Crippen MR) is 74.0 cm³/mol. The number of hydrogen-bond donors (Lipinski definition) is 1. The van der Waals surface area contributed by atoms with Crippen molar-refractivity contribution in [1.29, 1.82) is 0 Å². The van der Waals surface area contributed by atoms with Crippen LogP contribution in [0.2, 0.25) is 0 Å². The first kappa shape index (κ1) is 12.7. The van der Waals surface area contributed by atoms with E-state index in [0.29, 0.717) is 6.01 Å². The summed E-state index contributed by atoms with van der Waals surface area (Å²) in [6.45, 7) is 4.16. The van der Waals surface area contributed by atoms with Crippen LogP contribution in [0.4, 0.5) is 6.01 Å². The number of rotatable bonds is 5. The van der Waals surface area contributed by atoms with E-state index in [2.05, 4.69) is 41.5 Å². The zero-order chi connectivity index (χ0) is 13.0. The van der Waals surface area contributed by atoms with Gasteiger partial charge in [-0.3, -0.25) is 0 Å². The standard InChI is InChI=1S/C15H20N2O/c1-4-12-5-7-13(8-6-12)9-10-14-11(2)17-15(16-3)18-14/h5-8H,4,9-10H2,1-3H3,(H,16,17). The summed E-state index contributed by atoms with van der Waals surface area (Å²) in [5.41, 5.74) is 3.70. The molecule has 1 aromatic carbocycles. The van der Waals surface area contributed by atoms with Crippen molar-refractivity contribution in [2.24, 2.45) is 0 Å². The van der Waals surface area contributed by atoms with E-state index in [4.69, 9.17) is 4.42 Å². The molecule has 1 heterocycles. The third-order valence-electron chi connectivity index (χ3n) is 3.18. The quantitative estimate of drug-likeness (QED) is 0.876. The van der Waals surface area contributed by atoms with Crippen molar-refractivity contribution in [1.82, 2.24) is 4.98 Å². The first-order valence-corrected chi connectivity index (χ1v) is 6.44. The third kappa shape index (κ3) is 2.92. The zero-order valence-corrected chi connectivity index (χ0v) is 11.3. The average Bonchev–Trinajstić information content (AvgIpc) is 2.77. The van der Waals surface area contributed by atoms with Crippen molar-refractivity contribution >= 4 is 6.01 Å². The molecule has 0 spiro atoms. The topological polar surface area (TPSA) is 38.1 Å². The van der Waals surface area contributed by atoms with Gasteiger partial charge in [0.25, 0.3) is 6.01 Å². The molecule has 0 saturated carbocycles.